The van der Waals surface area contributed by atoms with Gasteiger partial charge in [0.1, 0.15) is 5.69 Å². The van der Waals surface area contributed by atoms with Crippen molar-refractivity contribution in [3.8, 4) is 22.4 Å². The maximum atomic E-state index is 4.82. The van der Waals surface area contributed by atoms with Crippen LogP contribution in [0.5, 0.6) is 0 Å². The van der Waals surface area contributed by atoms with E-state index in [1.54, 1.807) is 0 Å². The van der Waals surface area contributed by atoms with E-state index < -0.39 is 0 Å². The number of benzene rings is 1. The number of pyridine rings is 1. The smallest absolute Gasteiger partial charge is 0.100 e. The average molecular weight is 277 g/mol. The average Bonchev–Trinajstić information content (AvgIpc) is 2.94. The van der Waals surface area contributed by atoms with Gasteiger partial charge < -0.3 is 0 Å². The molecule has 2 heterocycles. The molecule has 3 nitrogen and oxygen atoms in total. The molecule has 0 unspecified atom stereocenters. The number of aromatic nitrogens is 3. The topological polar surface area (TPSA) is 30.7 Å². The van der Waals surface area contributed by atoms with Gasteiger partial charge in [0.2, 0.25) is 0 Å². The Morgan fingerprint density at radius 3 is 2.14 bits per heavy atom. The third-order valence-electron chi connectivity index (χ3n) is 3.44. The molecule has 0 saturated heterocycles. The Labute approximate surface area is 125 Å². The van der Waals surface area contributed by atoms with E-state index in [0.717, 1.165) is 22.4 Å². The van der Waals surface area contributed by atoms with E-state index >= 15 is 0 Å². The van der Waals surface area contributed by atoms with Crippen LogP contribution in [0.4, 0.5) is 0 Å². The zero-order chi connectivity index (χ0) is 14.9. The minimum Gasteiger partial charge on any atom is -0.266 e. The summed E-state index contributed by atoms with van der Waals surface area (Å²) in [6, 6.07) is 14.4. The highest BCUT2D eigenvalue weighted by Crippen LogP contribution is 2.32. The van der Waals surface area contributed by atoms with Crippen molar-refractivity contribution < 1.29 is 0 Å². The van der Waals surface area contributed by atoms with Gasteiger partial charge in [-0.3, -0.25) is 9.67 Å². The molecule has 0 atom stereocenters. The molecule has 3 aromatic rings. The van der Waals surface area contributed by atoms with Gasteiger partial charge in [0, 0.05) is 29.7 Å². The van der Waals surface area contributed by atoms with E-state index in [1.807, 2.05) is 47.4 Å². The Morgan fingerprint density at radius 1 is 0.857 bits per heavy atom. The van der Waals surface area contributed by atoms with Crippen LogP contribution in [-0.2, 0) is 5.54 Å². The van der Waals surface area contributed by atoms with E-state index in [1.165, 1.54) is 0 Å². The maximum absolute atomic E-state index is 4.82. The van der Waals surface area contributed by atoms with Crippen LogP contribution < -0.4 is 0 Å². The van der Waals surface area contributed by atoms with E-state index in [2.05, 4.69) is 44.1 Å². The van der Waals surface area contributed by atoms with Crippen molar-refractivity contribution in [2.75, 3.05) is 0 Å². The molecule has 0 amide bonds. The van der Waals surface area contributed by atoms with Crippen LogP contribution in [0, 0.1) is 0 Å². The summed E-state index contributed by atoms with van der Waals surface area (Å²) in [6.45, 7) is 6.47. The van der Waals surface area contributed by atoms with Crippen LogP contribution in [0.2, 0.25) is 0 Å². The second-order valence-corrected chi connectivity index (χ2v) is 6.11. The van der Waals surface area contributed by atoms with Gasteiger partial charge in [-0.25, -0.2) is 0 Å². The number of hydrogen-bond acceptors (Lipinski definition) is 2. The summed E-state index contributed by atoms with van der Waals surface area (Å²) in [4.78, 5) is 4.10. The standard InChI is InChI=1S/C18H19N3/c1-18(2,3)21-13-16(14-9-11-19-12-10-14)17(20-21)15-7-5-4-6-8-15/h4-13H,1-3H3. The molecule has 0 radical (unpaired) electrons. The van der Waals surface area contributed by atoms with Gasteiger partial charge >= 0.3 is 0 Å². The zero-order valence-electron chi connectivity index (χ0n) is 12.6. The van der Waals surface area contributed by atoms with Crippen molar-refractivity contribution in [3.63, 3.8) is 0 Å². The molecule has 1 aromatic carbocycles. The normalized spacial score (nSPS) is 11.6. The molecule has 106 valence electrons. The van der Waals surface area contributed by atoms with Crippen LogP contribution in [0.15, 0.2) is 61.1 Å². The van der Waals surface area contributed by atoms with E-state index in [9.17, 15) is 0 Å². The summed E-state index contributed by atoms with van der Waals surface area (Å²) in [7, 11) is 0. The lowest BCUT2D eigenvalue weighted by molar-refractivity contribution is 0.356. The van der Waals surface area contributed by atoms with E-state index in [-0.39, 0.29) is 5.54 Å². The monoisotopic (exact) mass is 277 g/mol. The van der Waals surface area contributed by atoms with Crippen LogP contribution >= 0.6 is 0 Å². The van der Waals surface area contributed by atoms with Crippen molar-refractivity contribution >= 4 is 0 Å². The summed E-state index contributed by atoms with van der Waals surface area (Å²) in [5.41, 5.74) is 4.37. The molecule has 0 fully saturated rings. The first kappa shape index (κ1) is 13.6. The zero-order valence-corrected chi connectivity index (χ0v) is 12.6. The van der Waals surface area contributed by atoms with Gasteiger partial charge in [0.05, 0.1) is 5.54 Å². The van der Waals surface area contributed by atoms with Gasteiger partial charge in [0.25, 0.3) is 0 Å². The highest BCUT2D eigenvalue weighted by atomic mass is 15.3. The van der Waals surface area contributed by atoms with Crippen molar-refractivity contribution in [2.24, 2.45) is 0 Å². The second kappa shape index (κ2) is 5.17. The van der Waals surface area contributed by atoms with Crippen LogP contribution in [0.1, 0.15) is 20.8 Å². The predicted molar refractivity (Wildman–Crippen MR) is 85.9 cm³/mol. The molecule has 0 saturated carbocycles. The predicted octanol–water partition coefficient (Wildman–Crippen LogP) is 4.37. The largest absolute Gasteiger partial charge is 0.266 e. The minimum absolute atomic E-state index is 0.0468. The van der Waals surface area contributed by atoms with Crippen LogP contribution in [0.3, 0.4) is 0 Å². The lowest BCUT2D eigenvalue weighted by Crippen LogP contribution is -2.22. The summed E-state index contributed by atoms with van der Waals surface area (Å²) < 4.78 is 2.03. The van der Waals surface area contributed by atoms with Crippen molar-refractivity contribution in [2.45, 2.75) is 26.3 Å². The first-order valence-corrected chi connectivity index (χ1v) is 7.12. The van der Waals surface area contributed by atoms with Crippen molar-refractivity contribution in [1.82, 2.24) is 14.8 Å². The quantitative estimate of drug-likeness (QED) is 0.696. The molecular weight excluding hydrogens is 258 g/mol. The van der Waals surface area contributed by atoms with Crippen LogP contribution in [-0.4, -0.2) is 14.8 Å². The lowest BCUT2D eigenvalue weighted by atomic mass is 10.0. The molecule has 0 spiro atoms. The molecule has 3 heteroatoms. The molecule has 3 rings (SSSR count). The molecule has 0 aliphatic carbocycles. The second-order valence-electron chi connectivity index (χ2n) is 6.11. The third-order valence-corrected chi connectivity index (χ3v) is 3.44. The molecule has 0 N–H and O–H groups in total. The fraction of sp³-hybridized carbons (Fsp3) is 0.222. The molecule has 0 aliphatic heterocycles. The molecule has 0 aliphatic rings. The molecule has 2 aromatic heterocycles. The lowest BCUT2D eigenvalue weighted by Gasteiger charge is -2.18. The van der Waals surface area contributed by atoms with Gasteiger partial charge in [0.15, 0.2) is 0 Å². The SMILES string of the molecule is CC(C)(C)n1cc(-c2ccncc2)c(-c2ccccc2)n1. The summed E-state index contributed by atoms with van der Waals surface area (Å²) >= 11 is 0. The molecule has 0 bridgehead atoms. The Morgan fingerprint density at radius 2 is 1.52 bits per heavy atom. The van der Waals surface area contributed by atoms with E-state index in [0.29, 0.717) is 0 Å². The highest BCUT2D eigenvalue weighted by Gasteiger charge is 2.19. The number of nitrogens with zero attached hydrogens (tertiary/aromatic N) is 3. The van der Waals surface area contributed by atoms with E-state index in [4.69, 9.17) is 5.10 Å². The highest BCUT2D eigenvalue weighted by molar-refractivity contribution is 5.80. The van der Waals surface area contributed by atoms with Gasteiger partial charge in [-0.15, -0.1) is 0 Å². The Hall–Kier alpha value is -2.42. The molecule has 21 heavy (non-hydrogen) atoms. The Kier molecular flexibility index (Phi) is 3.34. The van der Waals surface area contributed by atoms with Crippen LogP contribution in [0.25, 0.3) is 22.4 Å². The Balaban J connectivity index is 2.20. The van der Waals surface area contributed by atoms with Gasteiger partial charge in [-0.05, 0) is 38.5 Å². The fourth-order valence-corrected chi connectivity index (χ4v) is 2.27. The van der Waals surface area contributed by atoms with Gasteiger partial charge in [-0.1, -0.05) is 30.3 Å². The van der Waals surface area contributed by atoms with Crippen molar-refractivity contribution in [3.05, 3.63) is 61.1 Å². The van der Waals surface area contributed by atoms with Crippen molar-refractivity contribution in [1.29, 1.82) is 0 Å². The first-order chi connectivity index (χ1) is 10.1. The number of rotatable bonds is 2. The maximum Gasteiger partial charge on any atom is 0.100 e. The van der Waals surface area contributed by atoms with Gasteiger partial charge in [-0.2, -0.15) is 5.10 Å². The summed E-state index contributed by atoms with van der Waals surface area (Å²) in [6.07, 6.45) is 5.76. The third kappa shape index (κ3) is 2.72. The number of hydrogen-bond donors (Lipinski definition) is 0. The Bertz CT molecular complexity index is 665. The summed E-state index contributed by atoms with van der Waals surface area (Å²) in [5.74, 6) is 0. The molecular formula is C18H19N3. The first-order valence-electron chi connectivity index (χ1n) is 7.12. The minimum atomic E-state index is -0.0468. The fourth-order valence-electron chi connectivity index (χ4n) is 2.27. The summed E-state index contributed by atoms with van der Waals surface area (Å²) in [5, 5.41) is 4.82.